The molecule has 2 rings (SSSR count). The Bertz CT molecular complexity index is 447. The highest BCUT2D eigenvalue weighted by atomic mass is 79.9. The topological polar surface area (TPSA) is 27.7 Å². The molecule has 3 nitrogen and oxygen atoms in total. The van der Waals surface area contributed by atoms with Crippen molar-refractivity contribution in [3.8, 4) is 11.5 Å². The Labute approximate surface area is 127 Å². The number of alkyl halides is 1. The minimum atomic E-state index is -0.281. The van der Waals surface area contributed by atoms with Crippen LogP contribution >= 0.6 is 15.9 Å². The van der Waals surface area contributed by atoms with Crippen molar-refractivity contribution < 1.29 is 18.6 Å². The van der Waals surface area contributed by atoms with Crippen LogP contribution in [0.1, 0.15) is 36.1 Å². The van der Waals surface area contributed by atoms with Crippen LogP contribution in [0.15, 0.2) is 12.1 Å². The average molecular weight is 347 g/mol. The van der Waals surface area contributed by atoms with E-state index in [1.54, 1.807) is 13.2 Å². The molecule has 112 valence electrons. The maximum atomic E-state index is 14.1. The van der Waals surface area contributed by atoms with Crippen molar-refractivity contribution in [3.05, 3.63) is 23.5 Å². The molecule has 0 saturated carbocycles. The number of methoxy groups -OCH3 is 2. The fourth-order valence-corrected chi connectivity index (χ4v) is 3.08. The number of benzene rings is 1. The molecule has 0 bridgehead atoms. The molecule has 1 heterocycles. The van der Waals surface area contributed by atoms with E-state index in [1.165, 1.54) is 13.2 Å². The predicted molar refractivity (Wildman–Crippen MR) is 79.4 cm³/mol. The van der Waals surface area contributed by atoms with Gasteiger partial charge in [0.2, 0.25) is 0 Å². The number of ether oxygens (including phenoxy) is 3. The molecule has 0 radical (unpaired) electrons. The highest BCUT2D eigenvalue weighted by Gasteiger charge is 2.21. The quantitative estimate of drug-likeness (QED) is 0.721. The Morgan fingerprint density at radius 1 is 1.35 bits per heavy atom. The maximum Gasteiger partial charge on any atom is 0.163 e. The first kappa shape index (κ1) is 15.6. The van der Waals surface area contributed by atoms with Gasteiger partial charge >= 0.3 is 0 Å². The van der Waals surface area contributed by atoms with E-state index in [0.29, 0.717) is 23.2 Å². The van der Waals surface area contributed by atoms with Gasteiger partial charge in [0.05, 0.1) is 20.3 Å². The molecule has 1 fully saturated rings. The first-order valence-electron chi connectivity index (χ1n) is 6.82. The number of rotatable bonds is 6. The number of halogens is 2. The summed E-state index contributed by atoms with van der Waals surface area (Å²) in [7, 11) is 3.05. The summed E-state index contributed by atoms with van der Waals surface area (Å²) in [5, 5.41) is 0. The summed E-state index contributed by atoms with van der Waals surface area (Å²) in [6, 6.07) is 3.07. The molecule has 1 aromatic rings. The summed E-state index contributed by atoms with van der Waals surface area (Å²) >= 11 is 3.56. The van der Waals surface area contributed by atoms with Crippen molar-refractivity contribution in [1.82, 2.24) is 0 Å². The maximum absolute atomic E-state index is 14.1. The summed E-state index contributed by atoms with van der Waals surface area (Å²) in [5.74, 6) is 0.676. The standard InChI is InChI=1S/C15H20BrFO3/c1-18-14-8-11(13(17)9-15(14)19-2)12(16)6-5-10-4-3-7-20-10/h8-10,12H,3-7H2,1-2H3. The Morgan fingerprint density at radius 2 is 2.05 bits per heavy atom. The van der Waals surface area contributed by atoms with Crippen LogP contribution in [-0.4, -0.2) is 26.9 Å². The number of hydrogen-bond acceptors (Lipinski definition) is 3. The second kappa shape index (κ2) is 7.27. The van der Waals surface area contributed by atoms with Gasteiger partial charge < -0.3 is 14.2 Å². The van der Waals surface area contributed by atoms with Gasteiger partial charge in [0, 0.05) is 23.1 Å². The van der Waals surface area contributed by atoms with Gasteiger partial charge in [-0.2, -0.15) is 0 Å². The lowest BCUT2D eigenvalue weighted by atomic mass is 10.0. The highest BCUT2D eigenvalue weighted by Crippen LogP contribution is 2.38. The van der Waals surface area contributed by atoms with Crippen molar-refractivity contribution in [3.63, 3.8) is 0 Å². The van der Waals surface area contributed by atoms with Crippen LogP contribution in [0.25, 0.3) is 0 Å². The van der Waals surface area contributed by atoms with E-state index in [9.17, 15) is 4.39 Å². The van der Waals surface area contributed by atoms with E-state index in [1.807, 2.05) is 0 Å². The molecule has 2 atom stereocenters. The lowest BCUT2D eigenvalue weighted by Gasteiger charge is -2.16. The Balaban J connectivity index is 2.06. The minimum absolute atomic E-state index is 0.0495. The van der Waals surface area contributed by atoms with Crippen LogP contribution in [0.2, 0.25) is 0 Å². The Hall–Kier alpha value is -0.810. The summed E-state index contributed by atoms with van der Waals surface area (Å²) in [4.78, 5) is -0.0495. The minimum Gasteiger partial charge on any atom is -0.493 e. The molecule has 0 aromatic heterocycles. The molecule has 1 aliphatic heterocycles. The van der Waals surface area contributed by atoms with E-state index in [0.717, 1.165) is 32.3 Å². The van der Waals surface area contributed by atoms with Crippen LogP contribution in [0.3, 0.4) is 0 Å². The van der Waals surface area contributed by atoms with Crippen molar-refractivity contribution in [1.29, 1.82) is 0 Å². The van der Waals surface area contributed by atoms with E-state index in [2.05, 4.69) is 15.9 Å². The third-order valence-electron chi connectivity index (χ3n) is 3.61. The van der Waals surface area contributed by atoms with Crippen molar-refractivity contribution in [2.24, 2.45) is 0 Å². The zero-order valence-electron chi connectivity index (χ0n) is 11.8. The van der Waals surface area contributed by atoms with Crippen LogP contribution in [0.4, 0.5) is 4.39 Å². The SMILES string of the molecule is COc1cc(F)c(C(Br)CCC2CCCO2)cc1OC. The van der Waals surface area contributed by atoms with Gasteiger partial charge in [-0.05, 0) is 31.7 Å². The van der Waals surface area contributed by atoms with Gasteiger partial charge in [0.1, 0.15) is 5.82 Å². The van der Waals surface area contributed by atoms with E-state index >= 15 is 0 Å². The smallest absolute Gasteiger partial charge is 0.163 e. The van der Waals surface area contributed by atoms with Crippen molar-refractivity contribution in [2.75, 3.05) is 20.8 Å². The predicted octanol–water partition coefficient (Wildman–Crippen LogP) is 4.24. The van der Waals surface area contributed by atoms with Gasteiger partial charge in [-0.1, -0.05) is 15.9 Å². The molecule has 1 aliphatic rings. The van der Waals surface area contributed by atoms with Gasteiger partial charge in [-0.3, -0.25) is 0 Å². The largest absolute Gasteiger partial charge is 0.493 e. The average Bonchev–Trinajstić information content (AvgIpc) is 2.97. The van der Waals surface area contributed by atoms with Crippen LogP contribution in [0.5, 0.6) is 11.5 Å². The lowest BCUT2D eigenvalue weighted by molar-refractivity contribution is 0.102. The van der Waals surface area contributed by atoms with Crippen LogP contribution in [0, 0.1) is 5.82 Å². The molecule has 0 aliphatic carbocycles. The van der Waals surface area contributed by atoms with E-state index in [-0.39, 0.29) is 10.6 Å². The van der Waals surface area contributed by atoms with Gasteiger partial charge in [-0.15, -0.1) is 0 Å². The zero-order chi connectivity index (χ0) is 14.5. The monoisotopic (exact) mass is 346 g/mol. The Kier molecular flexibility index (Phi) is 5.66. The molecule has 2 unspecified atom stereocenters. The first-order chi connectivity index (χ1) is 9.65. The fourth-order valence-electron chi connectivity index (χ4n) is 2.47. The molecule has 0 spiro atoms. The Morgan fingerprint density at radius 3 is 2.65 bits per heavy atom. The van der Waals surface area contributed by atoms with Crippen LogP contribution < -0.4 is 9.47 Å². The van der Waals surface area contributed by atoms with Gasteiger partial charge in [-0.25, -0.2) is 4.39 Å². The second-order valence-electron chi connectivity index (χ2n) is 4.91. The summed E-state index contributed by atoms with van der Waals surface area (Å²) in [5.41, 5.74) is 0.598. The lowest BCUT2D eigenvalue weighted by Crippen LogP contribution is -2.07. The van der Waals surface area contributed by atoms with E-state index < -0.39 is 0 Å². The number of hydrogen-bond donors (Lipinski definition) is 0. The summed E-state index contributed by atoms with van der Waals surface area (Å²) in [6.45, 7) is 0.850. The van der Waals surface area contributed by atoms with Gasteiger partial charge in [0.25, 0.3) is 0 Å². The second-order valence-corrected chi connectivity index (χ2v) is 6.01. The first-order valence-corrected chi connectivity index (χ1v) is 7.74. The molecule has 20 heavy (non-hydrogen) atoms. The third kappa shape index (κ3) is 3.64. The third-order valence-corrected chi connectivity index (χ3v) is 4.56. The normalized spacial score (nSPS) is 19.9. The molecule has 1 saturated heterocycles. The van der Waals surface area contributed by atoms with E-state index in [4.69, 9.17) is 14.2 Å². The fraction of sp³-hybridized carbons (Fsp3) is 0.600. The molecular formula is C15H20BrFO3. The van der Waals surface area contributed by atoms with Crippen molar-refractivity contribution in [2.45, 2.75) is 36.6 Å². The van der Waals surface area contributed by atoms with Crippen molar-refractivity contribution >= 4 is 15.9 Å². The van der Waals surface area contributed by atoms with Gasteiger partial charge in [0.15, 0.2) is 11.5 Å². The summed E-state index contributed by atoms with van der Waals surface area (Å²) < 4.78 is 30.0. The van der Waals surface area contributed by atoms with Crippen LogP contribution in [-0.2, 0) is 4.74 Å². The molecule has 0 amide bonds. The molecule has 5 heteroatoms. The molecule has 1 aromatic carbocycles. The highest BCUT2D eigenvalue weighted by molar-refractivity contribution is 9.09. The zero-order valence-corrected chi connectivity index (χ0v) is 13.4. The molecular weight excluding hydrogens is 327 g/mol. The summed E-state index contributed by atoms with van der Waals surface area (Å²) in [6.07, 6.45) is 4.32. The molecule has 0 N–H and O–H groups in total.